The molecule has 29 heavy (non-hydrogen) atoms. The fourth-order valence-electron chi connectivity index (χ4n) is 3.72. The van der Waals surface area contributed by atoms with Crippen LogP contribution in [0.25, 0.3) is 10.9 Å². The number of rotatable bonds is 6. The Morgan fingerprint density at radius 3 is 2.52 bits per heavy atom. The van der Waals surface area contributed by atoms with E-state index in [1.165, 1.54) is 6.20 Å². The van der Waals surface area contributed by atoms with Gasteiger partial charge in [-0.05, 0) is 35.9 Å². The second-order valence-electron chi connectivity index (χ2n) is 6.93. The lowest BCUT2D eigenvalue weighted by Gasteiger charge is -2.35. The van der Waals surface area contributed by atoms with Crippen molar-refractivity contribution in [2.24, 2.45) is 0 Å². The van der Waals surface area contributed by atoms with Gasteiger partial charge in [-0.3, -0.25) is 9.88 Å². The Morgan fingerprint density at radius 1 is 1.07 bits per heavy atom. The zero-order valence-corrected chi connectivity index (χ0v) is 16.2. The minimum Gasteiger partial charge on any atom is -0.497 e. The van der Waals surface area contributed by atoms with Crippen LogP contribution >= 0.6 is 0 Å². The number of hydrogen-bond donors (Lipinski definition) is 1. The third-order valence-electron chi connectivity index (χ3n) is 5.26. The first-order valence-corrected chi connectivity index (χ1v) is 9.59. The van der Waals surface area contributed by atoms with Gasteiger partial charge in [0.15, 0.2) is 0 Å². The molecule has 1 aromatic heterocycles. The van der Waals surface area contributed by atoms with Crippen LogP contribution in [0.15, 0.2) is 48.7 Å². The van der Waals surface area contributed by atoms with Crippen molar-refractivity contribution in [1.29, 1.82) is 0 Å². The van der Waals surface area contributed by atoms with Gasteiger partial charge in [0.05, 0.1) is 31.8 Å². The van der Waals surface area contributed by atoms with Gasteiger partial charge in [0, 0.05) is 31.5 Å². The van der Waals surface area contributed by atoms with Crippen LogP contribution in [0.3, 0.4) is 0 Å². The van der Waals surface area contributed by atoms with Gasteiger partial charge < -0.3 is 14.8 Å². The summed E-state index contributed by atoms with van der Waals surface area (Å²) >= 11 is 0. The van der Waals surface area contributed by atoms with Crippen LogP contribution in [0, 0.1) is 11.6 Å². The van der Waals surface area contributed by atoms with E-state index in [2.05, 4.69) is 15.2 Å². The Balaban J connectivity index is 1.63. The van der Waals surface area contributed by atoms with Crippen molar-refractivity contribution < 1.29 is 18.3 Å². The molecule has 0 bridgehead atoms. The van der Waals surface area contributed by atoms with Crippen molar-refractivity contribution >= 4 is 16.6 Å². The van der Waals surface area contributed by atoms with E-state index in [9.17, 15) is 8.78 Å². The number of halogens is 2. The van der Waals surface area contributed by atoms with Crippen LogP contribution < -0.4 is 10.1 Å². The zero-order valence-electron chi connectivity index (χ0n) is 16.2. The van der Waals surface area contributed by atoms with Gasteiger partial charge in [0.2, 0.25) is 0 Å². The second kappa shape index (κ2) is 8.71. The predicted octanol–water partition coefficient (Wildman–Crippen LogP) is 4.01. The van der Waals surface area contributed by atoms with Gasteiger partial charge in [-0.1, -0.05) is 12.1 Å². The van der Waals surface area contributed by atoms with E-state index in [-0.39, 0.29) is 16.9 Å². The fourth-order valence-corrected chi connectivity index (χ4v) is 3.72. The lowest BCUT2D eigenvalue weighted by atomic mass is 10.0. The number of fused-ring (bicyclic) bond motifs is 1. The third kappa shape index (κ3) is 4.16. The van der Waals surface area contributed by atoms with Crippen LogP contribution in [0.4, 0.5) is 14.5 Å². The number of anilines is 1. The van der Waals surface area contributed by atoms with Crippen LogP contribution in [0.5, 0.6) is 5.75 Å². The van der Waals surface area contributed by atoms with E-state index < -0.39 is 11.6 Å². The summed E-state index contributed by atoms with van der Waals surface area (Å²) in [5.41, 5.74) is 1.67. The smallest absolute Gasteiger partial charge is 0.149 e. The van der Waals surface area contributed by atoms with E-state index in [1.54, 1.807) is 13.2 Å². The topological polar surface area (TPSA) is 46.6 Å². The highest BCUT2D eigenvalue weighted by molar-refractivity contribution is 5.91. The molecule has 0 amide bonds. The first-order chi connectivity index (χ1) is 14.2. The van der Waals surface area contributed by atoms with Crippen molar-refractivity contribution in [3.05, 3.63) is 65.9 Å². The quantitative estimate of drug-likeness (QED) is 0.679. The van der Waals surface area contributed by atoms with E-state index >= 15 is 0 Å². The average Bonchev–Trinajstić information content (AvgIpc) is 2.77. The standard InChI is InChI=1S/C22H23F2N3O2/c1-28-16-4-2-15(3-5-16)20(27-10-12-29-13-11-27)14-26-19-8-9-25-22-18(24)7-6-17(23)21(19)22/h2-9,20H,10-14H2,1H3,(H,25,26). The number of nitrogens with zero attached hydrogens (tertiary/aromatic N) is 2. The summed E-state index contributed by atoms with van der Waals surface area (Å²) < 4.78 is 39.3. The maximum Gasteiger partial charge on any atom is 0.149 e. The van der Waals surface area contributed by atoms with Gasteiger partial charge >= 0.3 is 0 Å². The SMILES string of the molecule is COc1ccc(C(CNc2ccnc3c(F)ccc(F)c23)N2CCOCC2)cc1. The summed E-state index contributed by atoms with van der Waals surface area (Å²) in [5, 5.41) is 3.49. The van der Waals surface area contributed by atoms with Gasteiger partial charge in [-0.2, -0.15) is 0 Å². The van der Waals surface area contributed by atoms with Crippen molar-refractivity contribution in [3.8, 4) is 5.75 Å². The van der Waals surface area contributed by atoms with E-state index in [4.69, 9.17) is 9.47 Å². The highest BCUT2D eigenvalue weighted by Gasteiger charge is 2.23. The van der Waals surface area contributed by atoms with E-state index in [0.717, 1.165) is 36.5 Å². The van der Waals surface area contributed by atoms with Crippen LogP contribution in [0.2, 0.25) is 0 Å². The largest absolute Gasteiger partial charge is 0.497 e. The molecule has 1 fully saturated rings. The number of methoxy groups -OCH3 is 1. The molecule has 0 aliphatic carbocycles. The first kappa shape index (κ1) is 19.5. The first-order valence-electron chi connectivity index (χ1n) is 9.59. The van der Waals surface area contributed by atoms with E-state index in [0.29, 0.717) is 25.4 Å². The molecule has 3 aromatic rings. The lowest BCUT2D eigenvalue weighted by Crippen LogP contribution is -2.41. The summed E-state index contributed by atoms with van der Waals surface area (Å²) in [6.45, 7) is 3.48. The highest BCUT2D eigenvalue weighted by atomic mass is 19.1. The molecule has 7 heteroatoms. The Kier molecular flexibility index (Phi) is 5.87. The molecule has 0 spiro atoms. The molecular weight excluding hydrogens is 376 g/mol. The summed E-state index contributed by atoms with van der Waals surface area (Å²) in [7, 11) is 1.64. The highest BCUT2D eigenvalue weighted by Crippen LogP contribution is 2.29. The molecule has 5 nitrogen and oxygen atoms in total. The molecule has 0 radical (unpaired) electrons. The molecule has 2 heterocycles. The maximum absolute atomic E-state index is 14.4. The van der Waals surface area contributed by atoms with Crippen LogP contribution in [0.1, 0.15) is 11.6 Å². The Labute approximate surface area is 168 Å². The van der Waals surface area contributed by atoms with Crippen molar-refractivity contribution in [1.82, 2.24) is 9.88 Å². The monoisotopic (exact) mass is 399 g/mol. The zero-order chi connectivity index (χ0) is 20.2. The van der Waals surface area contributed by atoms with Crippen molar-refractivity contribution in [2.45, 2.75) is 6.04 Å². The van der Waals surface area contributed by atoms with E-state index in [1.807, 2.05) is 24.3 Å². The molecule has 152 valence electrons. The Morgan fingerprint density at radius 2 is 1.79 bits per heavy atom. The molecule has 1 atom stereocenters. The predicted molar refractivity (Wildman–Crippen MR) is 108 cm³/mol. The maximum atomic E-state index is 14.4. The minimum absolute atomic E-state index is 0.0300. The number of nitrogens with one attached hydrogen (secondary N) is 1. The van der Waals surface area contributed by atoms with Crippen molar-refractivity contribution in [3.63, 3.8) is 0 Å². The second-order valence-corrected chi connectivity index (χ2v) is 6.93. The molecule has 0 saturated carbocycles. The summed E-state index contributed by atoms with van der Waals surface area (Å²) in [4.78, 5) is 6.33. The number of pyridine rings is 1. The summed E-state index contributed by atoms with van der Waals surface area (Å²) in [5.74, 6) is -0.241. The average molecular weight is 399 g/mol. The molecule has 1 unspecified atom stereocenters. The third-order valence-corrected chi connectivity index (χ3v) is 5.26. The molecule has 1 N–H and O–H groups in total. The molecular formula is C22H23F2N3O2. The number of ether oxygens (including phenoxy) is 2. The number of benzene rings is 2. The van der Waals surface area contributed by atoms with Gasteiger partial charge in [-0.25, -0.2) is 8.78 Å². The fraction of sp³-hybridized carbons (Fsp3) is 0.318. The number of hydrogen-bond acceptors (Lipinski definition) is 5. The van der Waals surface area contributed by atoms with Crippen LogP contribution in [-0.4, -0.2) is 49.8 Å². The molecule has 1 aliphatic rings. The number of aromatic nitrogens is 1. The molecule has 1 aliphatic heterocycles. The minimum atomic E-state index is -0.537. The normalized spacial score (nSPS) is 16.0. The van der Waals surface area contributed by atoms with Gasteiger partial charge in [0.1, 0.15) is 22.9 Å². The lowest BCUT2D eigenvalue weighted by molar-refractivity contribution is 0.0187. The molecule has 1 saturated heterocycles. The Hall–Kier alpha value is -2.77. The molecule has 2 aromatic carbocycles. The van der Waals surface area contributed by atoms with Gasteiger partial charge in [-0.15, -0.1) is 0 Å². The molecule has 4 rings (SSSR count). The summed E-state index contributed by atoms with van der Waals surface area (Å²) in [6, 6.07) is 11.9. The number of morpholine rings is 1. The van der Waals surface area contributed by atoms with Crippen molar-refractivity contribution in [2.75, 3.05) is 45.3 Å². The summed E-state index contributed by atoms with van der Waals surface area (Å²) in [6.07, 6.45) is 1.49. The van der Waals surface area contributed by atoms with Crippen LogP contribution in [-0.2, 0) is 4.74 Å². The van der Waals surface area contributed by atoms with Gasteiger partial charge in [0.25, 0.3) is 0 Å². The Bertz CT molecular complexity index is 976.